The van der Waals surface area contributed by atoms with E-state index in [0.717, 1.165) is 62.8 Å². The van der Waals surface area contributed by atoms with Crippen molar-refractivity contribution in [2.24, 2.45) is 0 Å². The number of hydrogen-bond acceptors (Lipinski definition) is 7. The number of piperidine rings is 1. The lowest BCUT2D eigenvalue weighted by Gasteiger charge is -2.39. The van der Waals surface area contributed by atoms with Gasteiger partial charge in [0, 0.05) is 38.2 Å². The summed E-state index contributed by atoms with van der Waals surface area (Å²) in [6, 6.07) is 6.34. The Morgan fingerprint density at radius 3 is 3.00 bits per heavy atom. The molecule has 8 nitrogen and oxygen atoms in total. The third-order valence-electron chi connectivity index (χ3n) is 6.09. The summed E-state index contributed by atoms with van der Waals surface area (Å²) >= 11 is 0. The largest absolute Gasteiger partial charge is 0.370 e. The second kappa shape index (κ2) is 7.85. The fourth-order valence-electron chi connectivity index (χ4n) is 4.50. The van der Waals surface area contributed by atoms with Gasteiger partial charge in [-0.25, -0.2) is 0 Å². The van der Waals surface area contributed by atoms with Gasteiger partial charge in [0.2, 0.25) is 5.82 Å². The standard InChI is InChI=1S/C21H27N5O3/c1-2-28-21(20-23-19(25-29-20)17-7-4-12-27-17)8-10-26(11-9-21)14-16-6-3-5-15-13-22-24-18(15)16/h3,5-6,13,17H,2,4,7-12,14H2,1H3,(H,22,24)/t17-/m1/s1. The lowest BCUT2D eigenvalue weighted by atomic mass is 9.90. The number of benzene rings is 1. The van der Waals surface area contributed by atoms with Gasteiger partial charge in [0.1, 0.15) is 11.7 Å². The van der Waals surface area contributed by atoms with Crippen molar-refractivity contribution in [2.75, 3.05) is 26.3 Å². The van der Waals surface area contributed by atoms with Crippen LogP contribution in [-0.2, 0) is 21.6 Å². The van der Waals surface area contributed by atoms with E-state index in [9.17, 15) is 0 Å². The molecule has 2 aliphatic rings. The molecule has 3 aromatic rings. The Kier molecular flexibility index (Phi) is 5.07. The van der Waals surface area contributed by atoms with Crippen molar-refractivity contribution in [2.45, 2.75) is 50.9 Å². The topological polar surface area (TPSA) is 89.3 Å². The third kappa shape index (κ3) is 3.56. The molecule has 2 aromatic heterocycles. The summed E-state index contributed by atoms with van der Waals surface area (Å²) in [6.07, 6.45) is 5.48. The molecule has 0 amide bonds. The summed E-state index contributed by atoms with van der Waals surface area (Å²) in [4.78, 5) is 7.14. The van der Waals surface area contributed by atoms with E-state index >= 15 is 0 Å². The van der Waals surface area contributed by atoms with Gasteiger partial charge in [-0.2, -0.15) is 10.1 Å². The summed E-state index contributed by atoms with van der Waals surface area (Å²) in [5, 5.41) is 12.6. The fourth-order valence-corrected chi connectivity index (χ4v) is 4.50. The van der Waals surface area contributed by atoms with Crippen LogP contribution < -0.4 is 0 Å². The molecule has 2 saturated heterocycles. The molecule has 2 fully saturated rings. The molecule has 0 saturated carbocycles. The summed E-state index contributed by atoms with van der Waals surface area (Å²) in [7, 11) is 0. The Morgan fingerprint density at radius 2 is 2.21 bits per heavy atom. The highest BCUT2D eigenvalue weighted by Crippen LogP contribution is 2.38. The third-order valence-corrected chi connectivity index (χ3v) is 6.09. The Morgan fingerprint density at radius 1 is 1.31 bits per heavy atom. The van der Waals surface area contributed by atoms with Gasteiger partial charge < -0.3 is 14.0 Å². The number of aromatic nitrogens is 4. The van der Waals surface area contributed by atoms with Crippen LogP contribution in [0.25, 0.3) is 10.9 Å². The van der Waals surface area contributed by atoms with Crippen LogP contribution >= 0.6 is 0 Å². The fraction of sp³-hybridized carbons (Fsp3) is 0.571. The maximum Gasteiger partial charge on any atom is 0.259 e. The van der Waals surface area contributed by atoms with Crippen molar-refractivity contribution in [3.8, 4) is 0 Å². The SMILES string of the molecule is CCOC1(c2nc([C@H]3CCCO3)no2)CCN(Cc2cccc3cn[nH]c23)CC1. The quantitative estimate of drug-likeness (QED) is 0.682. The molecule has 0 radical (unpaired) electrons. The van der Waals surface area contributed by atoms with Gasteiger partial charge in [-0.05, 0) is 38.2 Å². The molecule has 0 aliphatic carbocycles. The highest BCUT2D eigenvalue weighted by molar-refractivity contribution is 5.81. The van der Waals surface area contributed by atoms with Crippen molar-refractivity contribution in [3.05, 3.63) is 41.7 Å². The predicted octanol–water partition coefficient (Wildman–Crippen LogP) is 3.33. The highest BCUT2D eigenvalue weighted by Gasteiger charge is 2.42. The molecule has 0 unspecified atom stereocenters. The van der Waals surface area contributed by atoms with Crippen LogP contribution in [-0.4, -0.2) is 51.5 Å². The number of nitrogens with zero attached hydrogens (tertiary/aromatic N) is 4. The van der Waals surface area contributed by atoms with Crippen LogP contribution in [0.2, 0.25) is 0 Å². The van der Waals surface area contributed by atoms with E-state index in [2.05, 4.69) is 38.5 Å². The Balaban J connectivity index is 1.30. The molecule has 1 aromatic carbocycles. The molecule has 0 bridgehead atoms. The van der Waals surface area contributed by atoms with Crippen LogP contribution in [0.3, 0.4) is 0 Å². The van der Waals surface area contributed by atoms with Crippen molar-refractivity contribution >= 4 is 10.9 Å². The maximum atomic E-state index is 6.21. The van der Waals surface area contributed by atoms with Crippen molar-refractivity contribution < 1.29 is 14.0 Å². The number of nitrogens with one attached hydrogen (secondary N) is 1. The van der Waals surface area contributed by atoms with Gasteiger partial charge in [0.15, 0.2) is 0 Å². The molecule has 8 heteroatoms. The van der Waals surface area contributed by atoms with Crippen LogP contribution in [0.1, 0.15) is 56.0 Å². The number of likely N-dealkylation sites (tertiary alicyclic amines) is 1. The average molecular weight is 397 g/mol. The summed E-state index contributed by atoms with van der Waals surface area (Å²) < 4.78 is 17.6. The molecule has 1 atom stereocenters. The monoisotopic (exact) mass is 397 g/mol. The van der Waals surface area contributed by atoms with E-state index in [0.29, 0.717) is 18.3 Å². The number of rotatable bonds is 6. The Hall–Kier alpha value is -2.29. The van der Waals surface area contributed by atoms with E-state index in [-0.39, 0.29) is 6.10 Å². The normalized spacial score (nSPS) is 22.4. The number of aromatic amines is 1. The zero-order valence-electron chi connectivity index (χ0n) is 16.8. The second-order valence-corrected chi connectivity index (χ2v) is 7.91. The van der Waals surface area contributed by atoms with E-state index in [1.165, 1.54) is 5.56 Å². The number of H-pyrrole nitrogens is 1. The molecule has 29 heavy (non-hydrogen) atoms. The zero-order valence-corrected chi connectivity index (χ0v) is 16.8. The van der Waals surface area contributed by atoms with Crippen molar-refractivity contribution in [1.29, 1.82) is 0 Å². The average Bonchev–Trinajstić information content (AvgIpc) is 3.50. The van der Waals surface area contributed by atoms with Crippen LogP contribution in [0.15, 0.2) is 28.9 Å². The van der Waals surface area contributed by atoms with Gasteiger partial charge in [0.25, 0.3) is 5.89 Å². The first-order chi connectivity index (χ1) is 14.3. The van der Waals surface area contributed by atoms with Gasteiger partial charge in [-0.3, -0.25) is 10.00 Å². The summed E-state index contributed by atoms with van der Waals surface area (Å²) in [5.74, 6) is 1.25. The van der Waals surface area contributed by atoms with Crippen LogP contribution in [0.5, 0.6) is 0 Å². The Bertz CT molecular complexity index is 954. The molecule has 1 N–H and O–H groups in total. The molecular formula is C21H27N5O3. The van der Waals surface area contributed by atoms with E-state index in [4.69, 9.17) is 19.0 Å². The van der Waals surface area contributed by atoms with Crippen LogP contribution in [0, 0.1) is 0 Å². The first-order valence-corrected chi connectivity index (χ1v) is 10.5. The second-order valence-electron chi connectivity index (χ2n) is 7.91. The minimum atomic E-state index is -0.505. The molecule has 154 valence electrons. The Labute approximate surface area is 169 Å². The zero-order chi connectivity index (χ0) is 19.7. The smallest absolute Gasteiger partial charge is 0.259 e. The summed E-state index contributed by atoms with van der Waals surface area (Å²) in [5.41, 5.74) is 1.88. The highest BCUT2D eigenvalue weighted by atomic mass is 16.5. The number of fused-ring (bicyclic) bond motifs is 1. The van der Waals surface area contributed by atoms with E-state index < -0.39 is 5.60 Å². The summed E-state index contributed by atoms with van der Waals surface area (Å²) in [6.45, 7) is 6.09. The van der Waals surface area contributed by atoms with Gasteiger partial charge in [-0.1, -0.05) is 23.4 Å². The molecule has 0 spiro atoms. The van der Waals surface area contributed by atoms with E-state index in [1.54, 1.807) is 0 Å². The lowest BCUT2D eigenvalue weighted by Crippen LogP contribution is -2.44. The van der Waals surface area contributed by atoms with Gasteiger partial charge in [0.05, 0.1) is 11.7 Å². The van der Waals surface area contributed by atoms with Gasteiger partial charge in [-0.15, -0.1) is 0 Å². The molecule has 5 rings (SSSR count). The minimum absolute atomic E-state index is 0.0406. The van der Waals surface area contributed by atoms with E-state index in [1.807, 2.05) is 13.1 Å². The van der Waals surface area contributed by atoms with Crippen molar-refractivity contribution in [3.63, 3.8) is 0 Å². The molecule has 4 heterocycles. The first-order valence-electron chi connectivity index (χ1n) is 10.5. The van der Waals surface area contributed by atoms with Crippen molar-refractivity contribution in [1.82, 2.24) is 25.2 Å². The van der Waals surface area contributed by atoms with Gasteiger partial charge >= 0.3 is 0 Å². The minimum Gasteiger partial charge on any atom is -0.370 e. The van der Waals surface area contributed by atoms with Crippen LogP contribution in [0.4, 0.5) is 0 Å². The number of ether oxygens (including phenoxy) is 2. The predicted molar refractivity (Wildman–Crippen MR) is 106 cm³/mol. The molecule has 2 aliphatic heterocycles. The lowest BCUT2D eigenvalue weighted by molar-refractivity contribution is -0.104. The maximum absolute atomic E-state index is 6.21. The number of para-hydroxylation sites is 1. The number of hydrogen-bond donors (Lipinski definition) is 1. The molecular weight excluding hydrogens is 370 g/mol. The first kappa shape index (κ1) is 18.7.